The second kappa shape index (κ2) is 10.5. The normalized spacial score (nSPS) is 14.4. The molecule has 3 aromatic carbocycles. The predicted octanol–water partition coefficient (Wildman–Crippen LogP) is 5.02. The lowest BCUT2D eigenvalue weighted by molar-refractivity contribution is 0.0526. The molecular weight excluding hydrogens is 460 g/mol. The second-order valence-corrected chi connectivity index (χ2v) is 8.19. The van der Waals surface area contributed by atoms with Crippen LogP contribution in [0, 0.1) is 0 Å². The molecule has 1 saturated heterocycles. The van der Waals surface area contributed by atoms with Crippen molar-refractivity contribution in [1.29, 1.82) is 0 Å². The van der Waals surface area contributed by atoms with Crippen molar-refractivity contribution in [2.45, 2.75) is 6.92 Å². The Hall–Kier alpha value is -4.37. The third-order valence-corrected chi connectivity index (χ3v) is 5.75. The second-order valence-electron chi connectivity index (χ2n) is 8.19. The van der Waals surface area contributed by atoms with Crippen molar-refractivity contribution in [1.82, 2.24) is 4.90 Å². The number of amides is 2. The van der Waals surface area contributed by atoms with Crippen molar-refractivity contribution in [3.63, 3.8) is 0 Å². The maximum atomic E-state index is 12.7. The topological polar surface area (TPSA) is 101 Å². The van der Waals surface area contributed by atoms with Crippen molar-refractivity contribution >= 4 is 34.9 Å². The highest BCUT2D eigenvalue weighted by atomic mass is 16.5. The van der Waals surface area contributed by atoms with E-state index in [9.17, 15) is 9.59 Å². The van der Waals surface area contributed by atoms with E-state index < -0.39 is 12.0 Å². The number of benzene rings is 3. The van der Waals surface area contributed by atoms with Gasteiger partial charge in [-0.05, 0) is 61.5 Å². The summed E-state index contributed by atoms with van der Waals surface area (Å²) in [5.74, 6) is 1.70. The standard InChI is InChI=1S/C27H26N4O5/c1-2-35-26(32)18-7-9-19(10-8-18)28-27(33)29-20-11-12-23-21(17-20)25(31-13-15-34-16-14-31)30-22-5-3-4-6-24(22)36-23/h3-12,17H,2,13-16H2,1H3,(H2,28,29,33). The zero-order chi connectivity index (χ0) is 24.9. The quantitative estimate of drug-likeness (QED) is 0.502. The molecule has 0 spiro atoms. The van der Waals surface area contributed by atoms with E-state index >= 15 is 0 Å². The monoisotopic (exact) mass is 486 g/mol. The van der Waals surface area contributed by atoms with E-state index in [0.717, 1.165) is 17.1 Å². The van der Waals surface area contributed by atoms with Crippen LogP contribution in [0.2, 0.25) is 0 Å². The fourth-order valence-electron chi connectivity index (χ4n) is 4.01. The number of morpholine rings is 1. The maximum absolute atomic E-state index is 12.7. The molecule has 0 saturated carbocycles. The SMILES string of the molecule is CCOC(=O)c1ccc(NC(=O)Nc2ccc3c(c2)C(N2CCOCC2)=Nc2ccccc2O3)cc1. The van der Waals surface area contributed by atoms with Gasteiger partial charge in [-0.15, -0.1) is 0 Å². The molecule has 9 nitrogen and oxygen atoms in total. The minimum Gasteiger partial charge on any atom is -0.462 e. The molecule has 2 amide bonds. The smallest absolute Gasteiger partial charge is 0.338 e. The summed E-state index contributed by atoms with van der Waals surface area (Å²) in [5, 5.41) is 5.65. The molecule has 0 aliphatic carbocycles. The van der Waals surface area contributed by atoms with E-state index in [-0.39, 0.29) is 0 Å². The van der Waals surface area contributed by atoms with Crippen molar-refractivity contribution in [2.75, 3.05) is 43.5 Å². The van der Waals surface area contributed by atoms with Gasteiger partial charge in [-0.3, -0.25) is 0 Å². The van der Waals surface area contributed by atoms with Gasteiger partial charge in [0.05, 0.1) is 30.9 Å². The van der Waals surface area contributed by atoms with Crippen molar-refractivity contribution in [3.8, 4) is 11.5 Å². The Morgan fingerprint density at radius 1 is 0.944 bits per heavy atom. The van der Waals surface area contributed by atoms with Gasteiger partial charge in [-0.25, -0.2) is 14.6 Å². The maximum Gasteiger partial charge on any atom is 0.338 e. The number of carbonyl (C=O) groups is 2. The first-order valence-electron chi connectivity index (χ1n) is 11.8. The number of urea groups is 1. The van der Waals surface area contributed by atoms with Gasteiger partial charge >= 0.3 is 12.0 Å². The Morgan fingerprint density at radius 3 is 2.44 bits per heavy atom. The summed E-state index contributed by atoms with van der Waals surface area (Å²) in [6.07, 6.45) is 0. The van der Waals surface area contributed by atoms with Gasteiger partial charge in [0.15, 0.2) is 5.75 Å². The molecule has 0 aromatic heterocycles. The molecule has 0 atom stereocenters. The van der Waals surface area contributed by atoms with Crippen LogP contribution in [0.25, 0.3) is 0 Å². The van der Waals surface area contributed by atoms with Gasteiger partial charge in [0.1, 0.15) is 17.3 Å². The number of aliphatic imine (C=N–C) groups is 1. The summed E-state index contributed by atoms with van der Waals surface area (Å²) in [5.41, 5.74) is 3.08. The van der Waals surface area contributed by atoms with Gasteiger partial charge in [-0.2, -0.15) is 0 Å². The van der Waals surface area contributed by atoms with Crippen LogP contribution in [-0.4, -0.2) is 55.6 Å². The van der Waals surface area contributed by atoms with Gasteiger partial charge in [0.25, 0.3) is 0 Å². The number of esters is 1. The van der Waals surface area contributed by atoms with Crippen LogP contribution < -0.4 is 15.4 Å². The van der Waals surface area contributed by atoms with Crippen LogP contribution in [0.3, 0.4) is 0 Å². The molecule has 5 rings (SSSR count). The molecule has 3 aromatic rings. The Kier molecular flexibility index (Phi) is 6.81. The molecule has 36 heavy (non-hydrogen) atoms. The van der Waals surface area contributed by atoms with Gasteiger partial charge < -0.3 is 29.7 Å². The molecule has 2 aliphatic heterocycles. The lowest BCUT2D eigenvalue weighted by atomic mass is 10.1. The Labute approximate surface area is 208 Å². The number of rotatable bonds is 4. The molecule has 2 heterocycles. The summed E-state index contributed by atoms with van der Waals surface area (Å²) in [4.78, 5) is 31.6. The Morgan fingerprint density at radius 2 is 1.67 bits per heavy atom. The Balaban J connectivity index is 1.36. The number of fused-ring (bicyclic) bond motifs is 2. The molecule has 9 heteroatoms. The van der Waals surface area contributed by atoms with E-state index in [1.54, 1.807) is 37.3 Å². The highest BCUT2D eigenvalue weighted by Gasteiger charge is 2.25. The first-order valence-corrected chi connectivity index (χ1v) is 11.8. The molecule has 0 bridgehead atoms. The van der Waals surface area contributed by atoms with Crippen LogP contribution in [0.15, 0.2) is 71.7 Å². The van der Waals surface area contributed by atoms with E-state index in [1.807, 2.05) is 36.4 Å². The summed E-state index contributed by atoms with van der Waals surface area (Å²) in [6, 6.07) is 19.2. The number of para-hydroxylation sites is 2. The van der Waals surface area contributed by atoms with Crippen LogP contribution in [0.5, 0.6) is 11.5 Å². The predicted molar refractivity (Wildman–Crippen MR) is 137 cm³/mol. The summed E-state index contributed by atoms with van der Waals surface area (Å²) in [6.45, 7) is 4.71. The summed E-state index contributed by atoms with van der Waals surface area (Å²) in [7, 11) is 0. The van der Waals surface area contributed by atoms with Gasteiger partial charge in [0, 0.05) is 24.5 Å². The van der Waals surface area contributed by atoms with Crippen LogP contribution in [0.4, 0.5) is 21.9 Å². The number of nitrogens with one attached hydrogen (secondary N) is 2. The molecule has 0 unspecified atom stereocenters. The molecule has 1 fully saturated rings. The fourth-order valence-corrected chi connectivity index (χ4v) is 4.01. The molecule has 2 aliphatic rings. The molecular formula is C27H26N4O5. The zero-order valence-electron chi connectivity index (χ0n) is 19.8. The van der Waals surface area contributed by atoms with E-state index in [2.05, 4.69) is 15.5 Å². The average molecular weight is 487 g/mol. The third-order valence-electron chi connectivity index (χ3n) is 5.75. The minimum atomic E-state index is -0.415. The number of hydrogen-bond acceptors (Lipinski definition) is 7. The third kappa shape index (κ3) is 5.16. The number of ether oxygens (including phenoxy) is 3. The van der Waals surface area contributed by atoms with E-state index in [0.29, 0.717) is 61.3 Å². The van der Waals surface area contributed by atoms with Crippen LogP contribution in [0.1, 0.15) is 22.8 Å². The van der Waals surface area contributed by atoms with E-state index in [1.165, 1.54) is 0 Å². The number of anilines is 2. The molecule has 2 N–H and O–H groups in total. The Bertz CT molecular complexity index is 1300. The van der Waals surface area contributed by atoms with Gasteiger partial charge in [0.2, 0.25) is 0 Å². The summed E-state index contributed by atoms with van der Waals surface area (Å²) >= 11 is 0. The van der Waals surface area contributed by atoms with Crippen LogP contribution >= 0.6 is 0 Å². The minimum absolute atomic E-state index is 0.303. The van der Waals surface area contributed by atoms with E-state index in [4.69, 9.17) is 19.2 Å². The number of hydrogen-bond donors (Lipinski definition) is 2. The lowest BCUT2D eigenvalue weighted by Crippen LogP contribution is -2.41. The zero-order valence-corrected chi connectivity index (χ0v) is 19.8. The van der Waals surface area contributed by atoms with Crippen molar-refractivity contribution < 1.29 is 23.8 Å². The highest BCUT2D eigenvalue weighted by Crippen LogP contribution is 2.39. The fraction of sp³-hybridized carbons (Fsp3) is 0.222. The lowest BCUT2D eigenvalue weighted by Gasteiger charge is -2.30. The first kappa shape index (κ1) is 23.4. The molecule has 184 valence electrons. The molecule has 0 radical (unpaired) electrons. The largest absolute Gasteiger partial charge is 0.462 e. The highest BCUT2D eigenvalue weighted by molar-refractivity contribution is 6.06. The van der Waals surface area contributed by atoms with Gasteiger partial charge in [-0.1, -0.05) is 12.1 Å². The van der Waals surface area contributed by atoms with Crippen molar-refractivity contribution in [3.05, 3.63) is 77.9 Å². The average Bonchev–Trinajstić information content (AvgIpc) is 3.06. The first-order chi connectivity index (χ1) is 17.6. The number of carbonyl (C=O) groups excluding carboxylic acids is 2. The van der Waals surface area contributed by atoms with Crippen LogP contribution in [-0.2, 0) is 9.47 Å². The number of amidine groups is 1. The summed E-state index contributed by atoms with van der Waals surface area (Å²) < 4.78 is 16.7. The van der Waals surface area contributed by atoms with Crippen molar-refractivity contribution in [2.24, 2.45) is 4.99 Å². The number of nitrogens with zero attached hydrogens (tertiary/aromatic N) is 2.